The van der Waals surface area contributed by atoms with Gasteiger partial charge in [0.05, 0.1) is 11.3 Å². The van der Waals surface area contributed by atoms with Crippen molar-refractivity contribution in [1.29, 1.82) is 0 Å². The van der Waals surface area contributed by atoms with Crippen LogP contribution >= 0.6 is 11.3 Å². The highest BCUT2D eigenvalue weighted by atomic mass is 32.1. The molecule has 0 atom stereocenters. The Morgan fingerprint density at radius 3 is 2.76 bits per heavy atom. The first-order valence-electron chi connectivity index (χ1n) is 7.93. The number of aromatic nitrogens is 2. The molecule has 8 heteroatoms. The van der Waals surface area contributed by atoms with Crippen molar-refractivity contribution >= 4 is 29.0 Å². The number of nitrogens with zero attached hydrogens (tertiary/aromatic N) is 3. The minimum atomic E-state index is -1.03. The Balaban J connectivity index is 1.59. The molecule has 0 radical (unpaired) electrons. The van der Waals surface area contributed by atoms with Gasteiger partial charge in [-0.1, -0.05) is 0 Å². The van der Waals surface area contributed by atoms with E-state index in [0.29, 0.717) is 24.5 Å². The lowest BCUT2D eigenvalue weighted by Crippen LogP contribution is -2.38. The summed E-state index contributed by atoms with van der Waals surface area (Å²) in [4.78, 5) is 39.5. The molecular weight excluding hydrogens is 342 g/mol. The summed E-state index contributed by atoms with van der Waals surface area (Å²) >= 11 is 1.69. The van der Waals surface area contributed by atoms with Crippen LogP contribution in [0.3, 0.4) is 0 Å². The molecule has 0 aromatic carbocycles. The number of fused-ring (bicyclic) bond motifs is 1. The molecule has 0 saturated heterocycles. The van der Waals surface area contributed by atoms with Gasteiger partial charge >= 0.3 is 5.97 Å². The van der Waals surface area contributed by atoms with Crippen LogP contribution in [-0.4, -0.2) is 45.5 Å². The smallest absolute Gasteiger partial charge is 0.380 e. The van der Waals surface area contributed by atoms with Crippen molar-refractivity contribution in [2.24, 2.45) is 7.05 Å². The second-order valence-electron chi connectivity index (χ2n) is 6.01. The van der Waals surface area contributed by atoms with Gasteiger partial charge in [0.15, 0.2) is 6.61 Å². The number of amides is 1. The Hall–Kier alpha value is -2.48. The molecule has 1 aliphatic rings. The van der Waals surface area contributed by atoms with Crippen molar-refractivity contribution in [2.45, 2.75) is 26.8 Å². The number of carbonyl (C=O) groups excluding carboxylic acids is 3. The number of esters is 1. The standard InChI is InChI=1S/C17H19N3O4S/c1-10-15(11(2)19(3)18-10)16(22)17(23)24-9-14(21)20-6-4-13-12(8-20)5-7-25-13/h5,7H,4,6,8-9H2,1-3H3. The second kappa shape index (κ2) is 6.79. The fourth-order valence-electron chi connectivity index (χ4n) is 2.95. The third-order valence-electron chi connectivity index (χ3n) is 4.41. The summed E-state index contributed by atoms with van der Waals surface area (Å²) in [5.74, 6) is -2.09. The van der Waals surface area contributed by atoms with Gasteiger partial charge < -0.3 is 9.64 Å². The van der Waals surface area contributed by atoms with Gasteiger partial charge in [0.2, 0.25) is 0 Å². The van der Waals surface area contributed by atoms with Crippen molar-refractivity contribution in [3.63, 3.8) is 0 Å². The number of rotatable bonds is 4. The van der Waals surface area contributed by atoms with Crippen LogP contribution in [0, 0.1) is 13.8 Å². The average molecular weight is 361 g/mol. The molecule has 0 spiro atoms. The Morgan fingerprint density at radius 1 is 1.32 bits per heavy atom. The first-order chi connectivity index (χ1) is 11.9. The maximum Gasteiger partial charge on any atom is 0.380 e. The van der Waals surface area contributed by atoms with E-state index in [4.69, 9.17) is 4.74 Å². The van der Waals surface area contributed by atoms with Crippen LogP contribution < -0.4 is 0 Å². The molecule has 0 fully saturated rings. The third-order valence-corrected chi connectivity index (χ3v) is 5.43. The van der Waals surface area contributed by atoms with Crippen LogP contribution in [0.15, 0.2) is 11.4 Å². The van der Waals surface area contributed by atoms with Crippen molar-refractivity contribution in [3.8, 4) is 0 Å². The molecule has 0 unspecified atom stereocenters. The molecular formula is C17H19N3O4S. The number of hydrogen-bond donors (Lipinski definition) is 0. The third kappa shape index (κ3) is 3.34. The maximum absolute atomic E-state index is 12.3. The van der Waals surface area contributed by atoms with E-state index in [1.54, 1.807) is 37.1 Å². The number of aryl methyl sites for hydroxylation is 2. The number of hydrogen-bond acceptors (Lipinski definition) is 6. The minimum Gasteiger partial charge on any atom is -0.450 e. The summed E-state index contributed by atoms with van der Waals surface area (Å²) in [5.41, 5.74) is 2.43. The van der Waals surface area contributed by atoms with Gasteiger partial charge in [-0.15, -0.1) is 11.3 Å². The maximum atomic E-state index is 12.3. The number of Topliss-reactive ketones (excluding diaryl/α,β-unsaturated/α-hetero) is 1. The summed E-state index contributed by atoms with van der Waals surface area (Å²) in [7, 11) is 1.70. The van der Waals surface area contributed by atoms with Gasteiger partial charge in [0, 0.05) is 30.7 Å². The van der Waals surface area contributed by atoms with E-state index in [0.717, 1.165) is 12.0 Å². The predicted octanol–water partition coefficient (Wildman–Crippen LogP) is 1.41. The molecule has 2 aromatic heterocycles. The van der Waals surface area contributed by atoms with Crippen molar-refractivity contribution < 1.29 is 19.1 Å². The second-order valence-corrected chi connectivity index (χ2v) is 7.01. The number of ether oxygens (including phenoxy) is 1. The lowest BCUT2D eigenvalue weighted by molar-refractivity contribution is -0.148. The Kier molecular flexibility index (Phi) is 4.71. The zero-order chi connectivity index (χ0) is 18.1. The zero-order valence-corrected chi connectivity index (χ0v) is 15.2. The molecule has 3 rings (SSSR count). The van der Waals surface area contributed by atoms with Crippen molar-refractivity contribution in [2.75, 3.05) is 13.2 Å². The van der Waals surface area contributed by atoms with Crippen molar-refractivity contribution in [3.05, 3.63) is 38.8 Å². The van der Waals surface area contributed by atoms with Gasteiger partial charge in [-0.2, -0.15) is 5.10 Å². The lowest BCUT2D eigenvalue weighted by atomic mass is 10.1. The highest BCUT2D eigenvalue weighted by molar-refractivity contribution is 7.10. The topological polar surface area (TPSA) is 81.5 Å². The summed E-state index contributed by atoms with van der Waals surface area (Å²) in [6.45, 7) is 4.05. The molecule has 1 amide bonds. The van der Waals surface area contributed by atoms with Crippen LogP contribution in [0.25, 0.3) is 0 Å². The van der Waals surface area contributed by atoms with Gasteiger partial charge in [-0.3, -0.25) is 14.3 Å². The summed E-state index contributed by atoms with van der Waals surface area (Å²) < 4.78 is 6.48. The average Bonchev–Trinajstić information content (AvgIpc) is 3.15. The summed E-state index contributed by atoms with van der Waals surface area (Å²) in [6.07, 6.45) is 0.805. The fourth-order valence-corrected chi connectivity index (χ4v) is 3.84. The SMILES string of the molecule is Cc1nn(C)c(C)c1C(=O)C(=O)OCC(=O)N1CCc2sccc2C1. The number of thiophene rings is 1. The zero-order valence-electron chi connectivity index (χ0n) is 14.4. The molecule has 3 heterocycles. The first kappa shape index (κ1) is 17.3. The van der Waals surface area contributed by atoms with Crippen LogP contribution in [0.2, 0.25) is 0 Å². The Morgan fingerprint density at radius 2 is 2.08 bits per heavy atom. The molecule has 25 heavy (non-hydrogen) atoms. The quantitative estimate of drug-likeness (QED) is 0.467. The molecule has 2 aromatic rings. The first-order valence-corrected chi connectivity index (χ1v) is 8.81. The predicted molar refractivity (Wildman–Crippen MR) is 91.4 cm³/mol. The van der Waals surface area contributed by atoms with Crippen molar-refractivity contribution in [1.82, 2.24) is 14.7 Å². The molecule has 0 aliphatic carbocycles. The van der Waals surface area contributed by atoms with E-state index in [9.17, 15) is 14.4 Å². The van der Waals surface area contributed by atoms with E-state index in [1.165, 1.54) is 9.56 Å². The van der Waals surface area contributed by atoms with E-state index in [2.05, 4.69) is 5.10 Å². The molecule has 0 bridgehead atoms. The highest BCUT2D eigenvalue weighted by Crippen LogP contribution is 2.24. The van der Waals surface area contributed by atoms with E-state index >= 15 is 0 Å². The Labute approximate surface area is 149 Å². The number of ketones is 1. The van der Waals surface area contributed by atoms with Crippen LogP contribution in [0.1, 0.15) is 32.2 Å². The minimum absolute atomic E-state index is 0.237. The number of carbonyl (C=O) groups is 3. The van der Waals surface area contributed by atoms with Crippen LogP contribution in [0.5, 0.6) is 0 Å². The van der Waals surface area contributed by atoms with Gasteiger partial charge in [-0.25, -0.2) is 4.79 Å². The molecule has 0 saturated carbocycles. The van der Waals surface area contributed by atoms with E-state index in [-0.39, 0.29) is 11.5 Å². The Bertz CT molecular complexity index is 852. The molecule has 7 nitrogen and oxygen atoms in total. The largest absolute Gasteiger partial charge is 0.450 e. The lowest BCUT2D eigenvalue weighted by Gasteiger charge is -2.26. The van der Waals surface area contributed by atoms with E-state index < -0.39 is 18.4 Å². The van der Waals surface area contributed by atoms with Gasteiger partial charge in [0.25, 0.3) is 11.7 Å². The van der Waals surface area contributed by atoms with Gasteiger partial charge in [0.1, 0.15) is 0 Å². The normalized spacial score (nSPS) is 13.5. The van der Waals surface area contributed by atoms with E-state index in [1.807, 2.05) is 11.4 Å². The van der Waals surface area contributed by atoms with Gasteiger partial charge in [-0.05, 0) is 37.3 Å². The molecule has 132 valence electrons. The van der Waals surface area contributed by atoms with Crippen LogP contribution in [0.4, 0.5) is 0 Å². The molecule has 1 aliphatic heterocycles. The van der Waals surface area contributed by atoms with Crippen LogP contribution in [-0.2, 0) is 34.3 Å². The highest BCUT2D eigenvalue weighted by Gasteiger charge is 2.27. The molecule has 0 N–H and O–H groups in total. The fraction of sp³-hybridized carbons (Fsp3) is 0.412. The summed E-state index contributed by atoms with van der Waals surface area (Å²) in [6, 6.07) is 2.00. The summed E-state index contributed by atoms with van der Waals surface area (Å²) in [5, 5.41) is 6.12. The monoisotopic (exact) mass is 361 g/mol.